The van der Waals surface area contributed by atoms with Crippen LogP contribution >= 0.6 is 27.5 Å². The Morgan fingerprint density at radius 3 is 2.86 bits per heavy atom. The smallest absolute Gasteiger partial charge is 0.343 e. The summed E-state index contributed by atoms with van der Waals surface area (Å²) in [6.45, 7) is 1.95. The van der Waals surface area contributed by atoms with Gasteiger partial charge < -0.3 is 15.2 Å². The van der Waals surface area contributed by atoms with E-state index in [1.165, 1.54) is 12.3 Å². The molecule has 1 aromatic heterocycles. The van der Waals surface area contributed by atoms with Gasteiger partial charge in [-0.15, -0.1) is 0 Å². The molecule has 0 aliphatic heterocycles. The maximum Gasteiger partial charge on any atom is 0.343 e. The molecule has 1 aromatic carbocycles. The third-order valence-electron chi connectivity index (χ3n) is 2.47. The third kappa shape index (κ3) is 3.86. The molecule has 0 saturated carbocycles. The lowest BCUT2D eigenvalue weighted by molar-refractivity contribution is 0.0523. The average molecular weight is 372 g/mol. The number of ether oxygens (including phenoxy) is 2. The molecular formula is C14H12BrClN2O3. The number of hydrogen-bond acceptors (Lipinski definition) is 5. The van der Waals surface area contributed by atoms with Gasteiger partial charge in [-0.1, -0.05) is 27.5 Å². The molecule has 0 spiro atoms. The van der Waals surface area contributed by atoms with Crippen LogP contribution in [0.15, 0.2) is 34.9 Å². The summed E-state index contributed by atoms with van der Waals surface area (Å²) in [5, 5.41) is 0.387. The number of carbonyl (C=O) groups is 1. The topological polar surface area (TPSA) is 74.4 Å². The number of benzene rings is 1. The van der Waals surface area contributed by atoms with Gasteiger partial charge in [0.05, 0.1) is 23.5 Å². The summed E-state index contributed by atoms with van der Waals surface area (Å²) < 4.78 is 11.4. The molecule has 0 amide bonds. The van der Waals surface area contributed by atoms with E-state index < -0.39 is 5.97 Å². The van der Waals surface area contributed by atoms with E-state index >= 15 is 0 Å². The van der Waals surface area contributed by atoms with E-state index in [0.29, 0.717) is 16.5 Å². The van der Waals surface area contributed by atoms with Crippen LogP contribution in [0.3, 0.4) is 0 Å². The zero-order valence-electron chi connectivity index (χ0n) is 11.1. The first-order valence-corrected chi connectivity index (χ1v) is 7.24. The Kier molecular flexibility index (Phi) is 5.03. The zero-order valence-corrected chi connectivity index (χ0v) is 13.4. The van der Waals surface area contributed by atoms with E-state index in [-0.39, 0.29) is 18.1 Å². The Morgan fingerprint density at radius 2 is 2.19 bits per heavy atom. The van der Waals surface area contributed by atoms with Gasteiger partial charge in [0.1, 0.15) is 11.3 Å². The van der Waals surface area contributed by atoms with Crippen LogP contribution in [-0.4, -0.2) is 17.6 Å². The standard InChI is InChI=1S/C14H12BrClN2O3/c1-2-20-14(19)10-6-9(17)7-18-13(10)21-12-4-3-8(15)5-11(12)16/h3-7H,2,17H2,1H3. The molecule has 0 saturated heterocycles. The van der Waals surface area contributed by atoms with Gasteiger partial charge in [0.25, 0.3) is 0 Å². The Bertz CT molecular complexity index is 679. The highest BCUT2D eigenvalue weighted by Crippen LogP contribution is 2.32. The molecule has 0 atom stereocenters. The number of nitrogens with zero attached hydrogens (tertiary/aromatic N) is 1. The van der Waals surface area contributed by atoms with Gasteiger partial charge in [-0.3, -0.25) is 0 Å². The minimum atomic E-state index is -0.555. The Labute approximate surface area is 135 Å². The number of anilines is 1. The van der Waals surface area contributed by atoms with Crippen LogP contribution in [0.5, 0.6) is 11.6 Å². The molecule has 0 unspecified atom stereocenters. The highest BCUT2D eigenvalue weighted by atomic mass is 79.9. The lowest BCUT2D eigenvalue weighted by Crippen LogP contribution is -2.08. The van der Waals surface area contributed by atoms with E-state index in [1.54, 1.807) is 25.1 Å². The fourth-order valence-corrected chi connectivity index (χ4v) is 2.28. The number of nitrogen functional groups attached to an aromatic ring is 1. The van der Waals surface area contributed by atoms with Crippen LogP contribution in [0.2, 0.25) is 5.02 Å². The fourth-order valence-electron chi connectivity index (χ4n) is 1.57. The second kappa shape index (κ2) is 6.78. The molecule has 21 heavy (non-hydrogen) atoms. The molecule has 2 aromatic rings. The molecule has 0 bridgehead atoms. The Hall–Kier alpha value is -1.79. The normalized spacial score (nSPS) is 10.2. The number of rotatable bonds is 4. The zero-order chi connectivity index (χ0) is 15.4. The van der Waals surface area contributed by atoms with Gasteiger partial charge in [0.15, 0.2) is 0 Å². The van der Waals surface area contributed by atoms with Crippen molar-refractivity contribution in [3.05, 3.63) is 45.5 Å². The van der Waals surface area contributed by atoms with Crippen molar-refractivity contribution in [1.29, 1.82) is 0 Å². The van der Waals surface area contributed by atoms with E-state index in [1.807, 2.05) is 0 Å². The van der Waals surface area contributed by atoms with Gasteiger partial charge in [0, 0.05) is 4.47 Å². The van der Waals surface area contributed by atoms with Gasteiger partial charge in [-0.2, -0.15) is 0 Å². The van der Waals surface area contributed by atoms with Crippen LogP contribution < -0.4 is 10.5 Å². The molecule has 0 fully saturated rings. The minimum absolute atomic E-state index is 0.0897. The molecule has 0 aliphatic carbocycles. The fraction of sp³-hybridized carbons (Fsp3) is 0.143. The van der Waals surface area contributed by atoms with Crippen molar-refractivity contribution < 1.29 is 14.3 Å². The quantitative estimate of drug-likeness (QED) is 0.821. The SMILES string of the molecule is CCOC(=O)c1cc(N)cnc1Oc1ccc(Br)cc1Cl. The van der Waals surface area contributed by atoms with Crippen LogP contribution in [0.4, 0.5) is 5.69 Å². The molecule has 110 valence electrons. The molecule has 0 radical (unpaired) electrons. The number of nitrogens with two attached hydrogens (primary N) is 1. The van der Waals surface area contributed by atoms with Crippen LogP contribution in [0.25, 0.3) is 0 Å². The van der Waals surface area contributed by atoms with Gasteiger partial charge >= 0.3 is 5.97 Å². The van der Waals surface area contributed by atoms with Crippen molar-refractivity contribution in [2.45, 2.75) is 6.92 Å². The first-order valence-electron chi connectivity index (χ1n) is 6.06. The van der Waals surface area contributed by atoms with Crippen LogP contribution in [0.1, 0.15) is 17.3 Å². The molecule has 0 aliphatic rings. The predicted octanol–water partition coefficient (Wildman–Crippen LogP) is 4.05. The second-order valence-electron chi connectivity index (χ2n) is 4.02. The highest BCUT2D eigenvalue weighted by molar-refractivity contribution is 9.10. The van der Waals surface area contributed by atoms with Crippen LogP contribution in [0, 0.1) is 0 Å². The first kappa shape index (κ1) is 15.6. The minimum Gasteiger partial charge on any atom is -0.462 e. The number of pyridine rings is 1. The van der Waals surface area contributed by atoms with E-state index in [4.69, 9.17) is 26.8 Å². The lowest BCUT2D eigenvalue weighted by Gasteiger charge is -2.11. The molecule has 7 heteroatoms. The Balaban J connectivity index is 2.37. The molecule has 1 heterocycles. The van der Waals surface area contributed by atoms with Crippen LogP contribution in [-0.2, 0) is 4.74 Å². The highest BCUT2D eigenvalue weighted by Gasteiger charge is 2.17. The largest absolute Gasteiger partial charge is 0.462 e. The summed E-state index contributed by atoms with van der Waals surface area (Å²) in [4.78, 5) is 15.9. The number of halogens is 2. The van der Waals surface area contributed by atoms with Gasteiger partial charge in [-0.25, -0.2) is 9.78 Å². The summed E-state index contributed by atoms with van der Waals surface area (Å²) in [5.41, 5.74) is 6.14. The number of carbonyl (C=O) groups excluding carboxylic acids is 1. The summed E-state index contributed by atoms with van der Waals surface area (Å²) in [6.07, 6.45) is 1.39. The molecular weight excluding hydrogens is 360 g/mol. The Morgan fingerprint density at radius 1 is 1.43 bits per heavy atom. The summed E-state index contributed by atoms with van der Waals surface area (Å²) in [7, 11) is 0. The van der Waals surface area contributed by atoms with E-state index in [2.05, 4.69) is 20.9 Å². The monoisotopic (exact) mass is 370 g/mol. The van der Waals surface area contributed by atoms with E-state index in [9.17, 15) is 4.79 Å². The van der Waals surface area contributed by atoms with Gasteiger partial charge in [-0.05, 0) is 31.2 Å². The number of hydrogen-bond donors (Lipinski definition) is 1. The second-order valence-corrected chi connectivity index (χ2v) is 5.34. The van der Waals surface area contributed by atoms with Crippen molar-refractivity contribution in [2.75, 3.05) is 12.3 Å². The average Bonchev–Trinajstić information content (AvgIpc) is 2.43. The maximum atomic E-state index is 11.9. The summed E-state index contributed by atoms with van der Waals surface area (Å²) >= 11 is 9.38. The first-order chi connectivity index (χ1) is 10.0. The lowest BCUT2D eigenvalue weighted by atomic mass is 10.2. The van der Waals surface area contributed by atoms with E-state index in [0.717, 1.165) is 4.47 Å². The maximum absolute atomic E-state index is 11.9. The third-order valence-corrected chi connectivity index (χ3v) is 3.26. The van der Waals surface area contributed by atoms with Gasteiger partial charge in [0.2, 0.25) is 5.88 Å². The predicted molar refractivity (Wildman–Crippen MR) is 83.8 cm³/mol. The molecule has 2 N–H and O–H groups in total. The molecule has 5 nitrogen and oxygen atoms in total. The van der Waals surface area contributed by atoms with Crippen molar-refractivity contribution in [3.63, 3.8) is 0 Å². The van der Waals surface area contributed by atoms with Crippen molar-refractivity contribution >= 4 is 39.2 Å². The molecule has 2 rings (SSSR count). The van der Waals surface area contributed by atoms with Crippen molar-refractivity contribution in [3.8, 4) is 11.6 Å². The summed E-state index contributed by atoms with van der Waals surface area (Å²) in [5.74, 6) is -0.0879. The van der Waals surface area contributed by atoms with Crippen molar-refractivity contribution in [1.82, 2.24) is 4.98 Å². The number of aromatic nitrogens is 1. The number of esters is 1. The summed E-state index contributed by atoms with van der Waals surface area (Å²) in [6, 6.07) is 6.56. The van der Waals surface area contributed by atoms with Crippen molar-refractivity contribution in [2.24, 2.45) is 0 Å².